The van der Waals surface area contributed by atoms with Crippen LogP contribution in [0.25, 0.3) is 0 Å². The zero-order valence-corrected chi connectivity index (χ0v) is 19.4. The van der Waals surface area contributed by atoms with Gasteiger partial charge in [0.05, 0.1) is 10.9 Å². The summed E-state index contributed by atoms with van der Waals surface area (Å²) < 4.78 is 28.2. The summed E-state index contributed by atoms with van der Waals surface area (Å²) in [5.74, 6) is -0.491. The van der Waals surface area contributed by atoms with Gasteiger partial charge in [0.15, 0.2) is 0 Å². The molecule has 0 bridgehead atoms. The molecular weight excluding hydrogens is 508 g/mol. The van der Waals surface area contributed by atoms with Crippen molar-refractivity contribution in [1.29, 1.82) is 0 Å². The van der Waals surface area contributed by atoms with Crippen LogP contribution < -0.4 is 9.62 Å². The summed E-state index contributed by atoms with van der Waals surface area (Å²) in [5, 5.41) is 1.18. The zero-order chi connectivity index (χ0) is 21.3. The molecule has 0 spiro atoms. The molecule has 1 aliphatic heterocycles. The number of nitrogens with one attached hydrogen (secondary N) is 1. The van der Waals surface area contributed by atoms with Crippen LogP contribution in [-0.4, -0.2) is 25.5 Å². The first-order valence-electron chi connectivity index (χ1n) is 8.79. The molecule has 0 radical (unpaired) electrons. The Hall–Kier alpha value is -2.14. The Morgan fingerprint density at radius 1 is 1.03 bits per heavy atom. The highest BCUT2D eigenvalue weighted by Gasteiger charge is 2.40. The van der Waals surface area contributed by atoms with Gasteiger partial charge in [-0.1, -0.05) is 22.0 Å². The Balaban J connectivity index is 1.44. The van der Waals surface area contributed by atoms with E-state index in [2.05, 4.69) is 20.7 Å². The minimum Gasteiger partial charge on any atom is -0.279 e. The monoisotopic (exact) mass is 522 g/mol. The van der Waals surface area contributed by atoms with Crippen LogP contribution >= 0.6 is 39.0 Å². The van der Waals surface area contributed by atoms with Gasteiger partial charge in [0, 0.05) is 21.5 Å². The molecule has 1 unspecified atom stereocenters. The molecule has 3 aromatic rings. The number of thioether (sulfide) groups is 1. The second-order valence-corrected chi connectivity index (χ2v) is 11.5. The number of rotatable bonds is 6. The van der Waals surface area contributed by atoms with Gasteiger partial charge in [-0.3, -0.25) is 14.3 Å². The average molecular weight is 523 g/mol. The van der Waals surface area contributed by atoms with Gasteiger partial charge in [0.1, 0.15) is 4.21 Å². The number of amides is 2. The lowest BCUT2D eigenvalue weighted by atomic mass is 10.3. The summed E-state index contributed by atoms with van der Waals surface area (Å²) in [6.07, 6.45) is 0.117. The van der Waals surface area contributed by atoms with E-state index in [4.69, 9.17) is 0 Å². The lowest BCUT2D eigenvalue weighted by molar-refractivity contribution is -0.121. The number of benzene rings is 2. The number of nitrogens with zero attached hydrogens (tertiary/aromatic N) is 1. The standard InChI is InChI=1S/C20H15BrN2O4S3/c21-13-3-7-15(8-4-13)23-18(24)12-17(20(23)25)29-16-9-5-14(6-10-16)22-30(26,27)19-2-1-11-28-19/h1-11,17,22H,12H2. The fourth-order valence-electron chi connectivity index (χ4n) is 2.95. The number of carbonyl (C=O) groups excluding carboxylic acids is 2. The summed E-state index contributed by atoms with van der Waals surface area (Å²) in [6, 6.07) is 17.0. The lowest BCUT2D eigenvalue weighted by Crippen LogP contribution is -2.31. The van der Waals surface area contributed by atoms with Crippen LogP contribution in [0.5, 0.6) is 0 Å². The van der Waals surface area contributed by atoms with E-state index in [1.165, 1.54) is 22.7 Å². The molecule has 2 aromatic carbocycles. The molecule has 0 aliphatic carbocycles. The maximum atomic E-state index is 12.8. The van der Waals surface area contributed by atoms with E-state index in [1.54, 1.807) is 60.0 Å². The normalized spacial score (nSPS) is 16.8. The summed E-state index contributed by atoms with van der Waals surface area (Å²) in [7, 11) is -3.61. The Kier molecular flexibility index (Phi) is 6.01. The van der Waals surface area contributed by atoms with Crippen molar-refractivity contribution in [3.8, 4) is 0 Å². The molecule has 1 atom stereocenters. The van der Waals surface area contributed by atoms with Crippen LogP contribution in [0.2, 0.25) is 0 Å². The Bertz CT molecular complexity index is 1180. The number of hydrogen-bond acceptors (Lipinski definition) is 6. The van der Waals surface area contributed by atoms with Crippen molar-refractivity contribution in [1.82, 2.24) is 0 Å². The lowest BCUT2D eigenvalue weighted by Gasteiger charge is -2.15. The van der Waals surface area contributed by atoms with Gasteiger partial charge in [-0.2, -0.15) is 0 Å². The van der Waals surface area contributed by atoms with Gasteiger partial charge >= 0.3 is 0 Å². The van der Waals surface area contributed by atoms with Crippen LogP contribution in [-0.2, 0) is 19.6 Å². The van der Waals surface area contributed by atoms with E-state index in [0.29, 0.717) is 11.4 Å². The van der Waals surface area contributed by atoms with Crippen molar-refractivity contribution in [2.45, 2.75) is 20.8 Å². The molecule has 10 heteroatoms. The molecule has 2 amide bonds. The van der Waals surface area contributed by atoms with Crippen LogP contribution in [0.4, 0.5) is 11.4 Å². The van der Waals surface area contributed by atoms with Crippen molar-refractivity contribution in [3.05, 3.63) is 70.5 Å². The van der Waals surface area contributed by atoms with E-state index < -0.39 is 15.3 Å². The second kappa shape index (κ2) is 8.54. The fraction of sp³-hybridized carbons (Fsp3) is 0.100. The molecule has 4 rings (SSSR count). The number of thiophene rings is 1. The van der Waals surface area contributed by atoms with Gasteiger partial charge in [-0.05, 0) is 60.0 Å². The number of sulfonamides is 1. The van der Waals surface area contributed by atoms with Gasteiger partial charge in [0.2, 0.25) is 11.8 Å². The number of imide groups is 1. The van der Waals surface area contributed by atoms with Crippen LogP contribution in [0.3, 0.4) is 0 Å². The minimum absolute atomic E-state index is 0.117. The average Bonchev–Trinajstić information content (AvgIpc) is 3.34. The quantitative estimate of drug-likeness (QED) is 0.472. The highest BCUT2D eigenvalue weighted by atomic mass is 79.9. The van der Waals surface area contributed by atoms with Crippen molar-refractivity contribution < 1.29 is 18.0 Å². The van der Waals surface area contributed by atoms with Gasteiger partial charge in [-0.15, -0.1) is 23.1 Å². The molecule has 2 heterocycles. The molecule has 1 fully saturated rings. The number of hydrogen-bond donors (Lipinski definition) is 1. The molecule has 1 aromatic heterocycles. The molecule has 0 saturated carbocycles. The number of carbonyl (C=O) groups is 2. The Morgan fingerprint density at radius 3 is 2.37 bits per heavy atom. The minimum atomic E-state index is -3.61. The molecule has 1 saturated heterocycles. The zero-order valence-electron chi connectivity index (χ0n) is 15.3. The van der Waals surface area contributed by atoms with E-state index >= 15 is 0 Å². The number of halogens is 1. The van der Waals surface area contributed by atoms with E-state index in [9.17, 15) is 18.0 Å². The SMILES string of the molecule is O=C1CC(Sc2ccc(NS(=O)(=O)c3cccs3)cc2)C(=O)N1c1ccc(Br)cc1. The van der Waals surface area contributed by atoms with Crippen molar-refractivity contribution in [3.63, 3.8) is 0 Å². The fourth-order valence-corrected chi connectivity index (χ4v) is 6.31. The van der Waals surface area contributed by atoms with Crippen LogP contribution in [0.1, 0.15) is 6.42 Å². The number of anilines is 2. The van der Waals surface area contributed by atoms with Crippen LogP contribution in [0, 0.1) is 0 Å². The van der Waals surface area contributed by atoms with Gasteiger partial charge < -0.3 is 0 Å². The molecule has 1 N–H and O–H groups in total. The maximum Gasteiger partial charge on any atom is 0.271 e. The highest BCUT2D eigenvalue weighted by Crippen LogP contribution is 2.35. The van der Waals surface area contributed by atoms with Crippen molar-refractivity contribution in [2.75, 3.05) is 9.62 Å². The third-order valence-corrected chi connectivity index (χ3v) is 8.84. The first-order chi connectivity index (χ1) is 14.3. The molecule has 1 aliphatic rings. The second-order valence-electron chi connectivity index (χ2n) is 6.42. The van der Waals surface area contributed by atoms with E-state index in [-0.39, 0.29) is 22.4 Å². The van der Waals surface area contributed by atoms with Gasteiger partial charge in [0.25, 0.3) is 10.0 Å². The molecule has 30 heavy (non-hydrogen) atoms. The predicted octanol–water partition coefficient (Wildman–Crippen LogP) is 4.74. The first kappa shape index (κ1) is 21.1. The Labute approximate surface area is 190 Å². The Morgan fingerprint density at radius 2 is 1.73 bits per heavy atom. The van der Waals surface area contributed by atoms with E-state index in [1.807, 2.05) is 0 Å². The highest BCUT2D eigenvalue weighted by molar-refractivity contribution is 9.10. The van der Waals surface area contributed by atoms with Crippen LogP contribution in [0.15, 0.2) is 79.6 Å². The third kappa shape index (κ3) is 4.46. The van der Waals surface area contributed by atoms with Gasteiger partial charge in [-0.25, -0.2) is 13.3 Å². The predicted molar refractivity (Wildman–Crippen MR) is 122 cm³/mol. The third-order valence-electron chi connectivity index (χ3n) is 4.33. The molecular formula is C20H15BrN2O4S3. The molecule has 6 nitrogen and oxygen atoms in total. The molecule has 154 valence electrons. The first-order valence-corrected chi connectivity index (χ1v) is 12.8. The summed E-state index contributed by atoms with van der Waals surface area (Å²) in [6.45, 7) is 0. The largest absolute Gasteiger partial charge is 0.279 e. The summed E-state index contributed by atoms with van der Waals surface area (Å²) >= 11 is 5.78. The van der Waals surface area contributed by atoms with Crippen molar-refractivity contribution >= 4 is 72.2 Å². The topological polar surface area (TPSA) is 83.5 Å². The summed E-state index contributed by atoms with van der Waals surface area (Å²) in [4.78, 5) is 27.2. The smallest absolute Gasteiger partial charge is 0.271 e. The summed E-state index contributed by atoms with van der Waals surface area (Å²) in [5.41, 5.74) is 0.979. The maximum absolute atomic E-state index is 12.8. The van der Waals surface area contributed by atoms with E-state index in [0.717, 1.165) is 20.7 Å². The van der Waals surface area contributed by atoms with Crippen molar-refractivity contribution in [2.24, 2.45) is 0 Å².